The Morgan fingerprint density at radius 3 is 1.60 bits per heavy atom. The highest BCUT2D eigenvalue weighted by atomic mass is 19.1. The fourth-order valence-electron chi connectivity index (χ4n) is 2.64. The number of rotatable bonds is 3. The van der Waals surface area contributed by atoms with Gasteiger partial charge in [0.2, 0.25) is 11.6 Å². The van der Waals surface area contributed by atoms with Crippen molar-refractivity contribution in [1.29, 1.82) is 0 Å². The highest BCUT2D eigenvalue weighted by Crippen LogP contribution is 2.29. The van der Waals surface area contributed by atoms with Crippen LogP contribution in [0, 0.1) is 5.82 Å². The van der Waals surface area contributed by atoms with E-state index >= 15 is 0 Å². The highest BCUT2D eigenvalue weighted by molar-refractivity contribution is 5.80. The van der Waals surface area contributed by atoms with Crippen LogP contribution in [-0.4, -0.2) is 20.4 Å². The molecule has 5 heteroatoms. The summed E-state index contributed by atoms with van der Waals surface area (Å²) in [5.74, 6) is 0.169. The van der Waals surface area contributed by atoms with E-state index in [0.717, 1.165) is 16.7 Å². The molecule has 120 valence electrons. The van der Waals surface area contributed by atoms with Gasteiger partial charge in [0, 0.05) is 5.56 Å². The summed E-state index contributed by atoms with van der Waals surface area (Å²) in [6.45, 7) is 0. The van der Waals surface area contributed by atoms with E-state index in [2.05, 4.69) is 20.4 Å². The van der Waals surface area contributed by atoms with Gasteiger partial charge in [-0.1, -0.05) is 66.7 Å². The van der Waals surface area contributed by atoms with Crippen molar-refractivity contribution in [3.8, 4) is 33.9 Å². The molecule has 0 fully saturated rings. The van der Waals surface area contributed by atoms with Gasteiger partial charge in [0.15, 0.2) is 0 Å². The minimum absolute atomic E-state index is 0.166. The van der Waals surface area contributed by atoms with Crippen molar-refractivity contribution in [1.82, 2.24) is 20.4 Å². The molecule has 25 heavy (non-hydrogen) atoms. The van der Waals surface area contributed by atoms with Gasteiger partial charge in [-0.15, -0.1) is 20.4 Å². The molecule has 0 radical (unpaired) electrons. The van der Waals surface area contributed by atoms with Gasteiger partial charge in [0.1, 0.15) is 5.82 Å². The summed E-state index contributed by atoms with van der Waals surface area (Å²) in [5, 5.41) is 16.4. The van der Waals surface area contributed by atoms with Gasteiger partial charge in [0.25, 0.3) is 0 Å². The second-order valence-corrected chi connectivity index (χ2v) is 5.44. The van der Waals surface area contributed by atoms with Crippen LogP contribution in [0.3, 0.4) is 0 Å². The van der Waals surface area contributed by atoms with Gasteiger partial charge in [-0.3, -0.25) is 0 Å². The lowest BCUT2D eigenvalue weighted by Gasteiger charge is -2.08. The molecule has 0 unspecified atom stereocenters. The zero-order valence-corrected chi connectivity index (χ0v) is 13.2. The van der Waals surface area contributed by atoms with Crippen molar-refractivity contribution in [3.05, 3.63) is 84.7 Å². The fraction of sp³-hybridized carbons (Fsp3) is 0. The maximum atomic E-state index is 13.8. The molecular formula is C20H13FN4. The molecule has 4 nitrogen and oxygen atoms in total. The van der Waals surface area contributed by atoms with Gasteiger partial charge in [-0.2, -0.15) is 0 Å². The largest absolute Gasteiger partial charge is 0.206 e. The Labute approximate surface area is 144 Å². The van der Waals surface area contributed by atoms with Gasteiger partial charge in [0.05, 0.1) is 5.56 Å². The molecule has 1 aromatic heterocycles. The maximum Gasteiger partial charge on any atom is 0.206 e. The van der Waals surface area contributed by atoms with Crippen molar-refractivity contribution in [2.45, 2.75) is 0 Å². The second kappa shape index (κ2) is 6.57. The minimum Gasteiger partial charge on any atom is -0.206 e. The molecule has 0 amide bonds. The van der Waals surface area contributed by atoms with Gasteiger partial charge >= 0.3 is 0 Å². The summed E-state index contributed by atoms with van der Waals surface area (Å²) in [5.41, 5.74) is 3.16. The van der Waals surface area contributed by atoms with E-state index in [0.29, 0.717) is 5.82 Å². The third-order valence-corrected chi connectivity index (χ3v) is 3.85. The van der Waals surface area contributed by atoms with E-state index in [-0.39, 0.29) is 11.4 Å². The molecule has 0 aliphatic heterocycles. The average Bonchev–Trinajstić information content (AvgIpc) is 2.69. The molecular weight excluding hydrogens is 315 g/mol. The second-order valence-electron chi connectivity index (χ2n) is 5.44. The SMILES string of the molecule is Fc1ccccc1-c1nnc(-c2ccccc2-c2ccccc2)nn1. The van der Waals surface area contributed by atoms with E-state index in [9.17, 15) is 4.39 Å². The summed E-state index contributed by atoms with van der Waals surface area (Å²) in [7, 11) is 0. The van der Waals surface area contributed by atoms with Crippen molar-refractivity contribution < 1.29 is 4.39 Å². The van der Waals surface area contributed by atoms with Crippen LogP contribution >= 0.6 is 0 Å². The van der Waals surface area contributed by atoms with E-state index in [4.69, 9.17) is 0 Å². The Kier molecular flexibility index (Phi) is 3.96. The summed E-state index contributed by atoms with van der Waals surface area (Å²) >= 11 is 0. The maximum absolute atomic E-state index is 13.8. The lowest BCUT2D eigenvalue weighted by molar-refractivity contribution is 0.628. The number of hydrogen-bond donors (Lipinski definition) is 0. The smallest absolute Gasteiger partial charge is 0.206 e. The number of aromatic nitrogens is 4. The monoisotopic (exact) mass is 328 g/mol. The minimum atomic E-state index is -0.400. The molecule has 0 spiro atoms. The van der Waals surface area contributed by atoms with Gasteiger partial charge in [-0.05, 0) is 23.3 Å². The van der Waals surface area contributed by atoms with Crippen molar-refractivity contribution in [2.24, 2.45) is 0 Å². The number of halogens is 1. The Morgan fingerprint density at radius 2 is 0.960 bits per heavy atom. The first kappa shape index (κ1) is 15.1. The van der Waals surface area contributed by atoms with E-state index in [1.54, 1.807) is 18.2 Å². The molecule has 4 aromatic rings. The Hall–Kier alpha value is -3.47. The first-order valence-electron chi connectivity index (χ1n) is 7.80. The van der Waals surface area contributed by atoms with Gasteiger partial charge in [-0.25, -0.2) is 4.39 Å². The predicted molar refractivity (Wildman–Crippen MR) is 93.9 cm³/mol. The molecule has 1 heterocycles. The van der Waals surface area contributed by atoms with E-state index < -0.39 is 5.82 Å². The van der Waals surface area contributed by atoms with Crippen LogP contribution in [0.5, 0.6) is 0 Å². The normalized spacial score (nSPS) is 10.6. The third-order valence-electron chi connectivity index (χ3n) is 3.85. The van der Waals surface area contributed by atoms with Crippen LogP contribution in [-0.2, 0) is 0 Å². The Morgan fingerprint density at radius 1 is 0.480 bits per heavy atom. The lowest BCUT2D eigenvalue weighted by atomic mass is 9.99. The first-order chi connectivity index (χ1) is 12.3. The van der Waals surface area contributed by atoms with Crippen molar-refractivity contribution in [2.75, 3.05) is 0 Å². The highest BCUT2D eigenvalue weighted by Gasteiger charge is 2.13. The number of benzene rings is 3. The summed E-state index contributed by atoms with van der Waals surface area (Å²) in [6.07, 6.45) is 0. The Balaban J connectivity index is 1.76. The average molecular weight is 328 g/mol. The van der Waals surface area contributed by atoms with Crippen molar-refractivity contribution >= 4 is 0 Å². The molecule has 4 rings (SSSR count). The standard InChI is InChI=1S/C20H13FN4/c21-18-13-7-6-12-17(18)20-24-22-19(23-25-20)16-11-5-4-10-15(16)14-8-2-1-3-9-14/h1-13H. The summed E-state index contributed by atoms with van der Waals surface area (Å²) in [4.78, 5) is 0. The third kappa shape index (κ3) is 2.99. The topological polar surface area (TPSA) is 51.6 Å². The molecule has 0 saturated heterocycles. The van der Waals surface area contributed by atoms with Gasteiger partial charge < -0.3 is 0 Å². The molecule has 0 saturated carbocycles. The van der Waals surface area contributed by atoms with Crippen molar-refractivity contribution in [3.63, 3.8) is 0 Å². The molecule has 0 aliphatic carbocycles. The molecule has 0 atom stereocenters. The summed E-state index contributed by atoms with van der Waals surface area (Å²) < 4.78 is 13.8. The Bertz CT molecular complexity index is 1000. The zero-order chi connectivity index (χ0) is 17.1. The molecule has 0 N–H and O–H groups in total. The van der Waals surface area contributed by atoms with Crippen LogP contribution in [0.25, 0.3) is 33.9 Å². The number of nitrogens with zero attached hydrogens (tertiary/aromatic N) is 4. The number of hydrogen-bond acceptors (Lipinski definition) is 4. The van der Waals surface area contributed by atoms with Crippen LogP contribution in [0.15, 0.2) is 78.9 Å². The van der Waals surface area contributed by atoms with Crippen LogP contribution in [0.4, 0.5) is 4.39 Å². The van der Waals surface area contributed by atoms with Crippen LogP contribution in [0.1, 0.15) is 0 Å². The summed E-state index contributed by atoms with van der Waals surface area (Å²) in [6, 6.07) is 24.1. The first-order valence-corrected chi connectivity index (χ1v) is 7.80. The zero-order valence-electron chi connectivity index (χ0n) is 13.2. The van der Waals surface area contributed by atoms with E-state index in [1.807, 2.05) is 54.6 Å². The van der Waals surface area contributed by atoms with E-state index in [1.165, 1.54) is 6.07 Å². The fourth-order valence-corrected chi connectivity index (χ4v) is 2.64. The molecule has 3 aromatic carbocycles. The molecule has 0 bridgehead atoms. The van der Waals surface area contributed by atoms with Crippen LogP contribution in [0.2, 0.25) is 0 Å². The molecule has 0 aliphatic rings. The quantitative estimate of drug-likeness (QED) is 0.559. The predicted octanol–water partition coefficient (Wildman–Crippen LogP) is 4.41. The van der Waals surface area contributed by atoms with Crippen LogP contribution < -0.4 is 0 Å². The lowest BCUT2D eigenvalue weighted by Crippen LogP contribution is -2.01.